The summed E-state index contributed by atoms with van der Waals surface area (Å²) >= 11 is 12.2. The Morgan fingerprint density at radius 2 is 1.85 bits per heavy atom. The number of anilines is 1. The van der Waals surface area contributed by atoms with Crippen LogP contribution in [0.5, 0.6) is 0 Å². The molecule has 0 saturated carbocycles. The Bertz CT molecular complexity index is 984. The normalized spacial score (nSPS) is 15.1. The molecule has 0 aliphatic carbocycles. The van der Waals surface area contributed by atoms with Crippen molar-refractivity contribution in [1.29, 1.82) is 0 Å². The zero-order valence-corrected chi connectivity index (χ0v) is 16.2. The Morgan fingerprint density at radius 1 is 1.07 bits per heavy atom. The van der Waals surface area contributed by atoms with Gasteiger partial charge in [0.2, 0.25) is 0 Å². The molecule has 1 amide bonds. The minimum Gasteiger partial charge on any atom is -0.356 e. The molecule has 1 aromatic heterocycles. The molecule has 0 bridgehead atoms. The number of carbonyl (C=O) groups is 1. The van der Waals surface area contributed by atoms with Crippen molar-refractivity contribution >= 4 is 45.7 Å². The summed E-state index contributed by atoms with van der Waals surface area (Å²) in [4.78, 5) is 19.3. The van der Waals surface area contributed by atoms with Gasteiger partial charge in [0, 0.05) is 35.7 Å². The molecule has 4 rings (SSSR count). The summed E-state index contributed by atoms with van der Waals surface area (Å²) in [6.45, 7) is 1.67. The molecular weight excluding hydrogens is 381 g/mol. The highest BCUT2D eigenvalue weighted by atomic mass is 35.5. The summed E-state index contributed by atoms with van der Waals surface area (Å²) in [5.41, 5.74) is 0.522. The van der Waals surface area contributed by atoms with E-state index in [-0.39, 0.29) is 11.9 Å². The van der Waals surface area contributed by atoms with Crippen LogP contribution in [0.3, 0.4) is 0 Å². The monoisotopic (exact) mass is 399 g/mol. The molecule has 2 heterocycles. The molecule has 0 unspecified atom stereocenters. The van der Waals surface area contributed by atoms with Crippen LogP contribution in [0.2, 0.25) is 10.0 Å². The minimum absolute atomic E-state index is 0.114. The van der Waals surface area contributed by atoms with Crippen LogP contribution in [0.15, 0.2) is 54.7 Å². The third kappa shape index (κ3) is 3.87. The second kappa shape index (κ2) is 7.75. The Balaban J connectivity index is 1.44. The number of rotatable bonds is 3. The summed E-state index contributed by atoms with van der Waals surface area (Å²) in [7, 11) is 0. The maximum atomic E-state index is 12.5. The van der Waals surface area contributed by atoms with Gasteiger partial charge in [-0.05, 0) is 54.6 Å². The number of fused-ring (bicyclic) bond motifs is 1. The largest absolute Gasteiger partial charge is 0.356 e. The van der Waals surface area contributed by atoms with E-state index in [4.69, 9.17) is 23.2 Å². The van der Waals surface area contributed by atoms with Gasteiger partial charge in [-0.3, -0.25) is 4.79 Å². The van der Waals surface area contributed by atoms with Gasteiger partial charge in [-0.2, -0.15) is 0 Å². The quantitative estimate of drug-likeness (QED) is 0.678. The van der Waals surface area contributed by atoms with Crippen molar-refractivity contribution in [3.05, 3.63) is 70.3 Å². The van der Waals surface area contributed by atoms with E-state index in [0.717, 1.165) is 47.5 Å². The molecule has 4 nitrogen and oxygen atoms in total. The first-order valence-electron chi connectivity index (χ1n) is 8.96. The number of hydrogen-bond acceptors (Lipinski definition) is 3. The third-order valence-corrected chi connectivity index (χ3v) is 5.52. The molecule has 27 heavy (non-hydrogen) atoms. The molecule has 0 spiro atoms. The number of aromatic nitrogens is 1. The van der Waals surface area contributed by atoms with Crippen LogP contribution in [-0.2, 0) is 0 Å². The number of amides is 1. The third-order valence-electron chi connectivity index (χ3n) is 4.95. The van der Waals surface area contributed by atoms with E-state index >= 15 is 0 Å². The van der Waals surface area contributed by atoms with E-state index in [9.17, 15) is 4.79 Å². The van der Waals surface area contributed by atoms with Gasteiger partial charge in [0.15, 0.2) is 0 Å². The Hall–Kier alpha value is -2.30. The van der Waals surface area contributed by atoms with Crippen LogP contribution in [0, 0.1) is 0 Å². The summed E-state index contributed by atoms with van der Waals surface area (Å²) in [6.07, 6.45) is 3.54. The van der Waals surface area contributed by atoms with Gasteiger partial charge in [0.1, 0.15) is 5.82 Å². The van der Waals surface area contributed by atoms with Crippen molar-refractivity contribution in [2.24, 2.45) is 0 Å². The van der Waals surface area contributed by atoms with E-state index in [0.29, 0.717) is 10.6 Å². The van der Waals surface area contributed by atoms with Gasteiger partial charge in [0.05, 0.1) is 10.6 Å². The second-order valence-corrected chi connectivity index (χ2v) is 7.56. The van der Waals surface area contributed by atoms with E-state index < -0.39 is 0 Å². The Kier molecular flexibility index (Phi) is 5.19. The lowest BCUT2D eigenvalue weighted by atomic mass is 10.0. The van der Waals surface area contributed by atoms with Crippen LogP contribution in [0.1, 0.15) is 23.2 Å². The average Bonchev–Trinajstić information content (AvgIpc) is 2.68. The van der Waals surface area contributed by atoms with Crippen LogP contribution in [0.25, 0.3) is 10.8 Å². The van der Waals surface area contributed by atoms with Gasteiger partial charge in [-0.15, -0.1) is 0 Å². The van der Waals surface area contributed by atoms with Gasteiger partial charge in [-0.1, -0.05) is 35.3 Å². The Labute approximate surface area is 168 Å². The van der Waals surface area contributed by atoms with Crippen molar-refractivity contribution in [3.63, 3.8) is 0 Å². The fourth-order valence-corrected chi connectivity index (χ4v) is 3.93. The van der Waals surface area contributed by atoms with Crippen LogP contribution >= 0.6 is 23.2 Å². The number of nitrogens with zero attached hydrogens (tertiary/aromatic N) is 2. The number of pyridine rings is 1. The fourth-order valence-electron chi connectivity index (χ4n) is 3.53. The number of hydrogen-bond donors (Lipinski definition) is 1. The first kappa shape index (κ1) is 18.1. The van der Waals surface area contributed by atoms with E-state index in [1.807, 2.05) is 42.6 Å². The highest BCUT2D eigenvalue weighted by Gasteiger charge is 2.23. The molecule has 1 aliphatic heterocycles. The fraction of sp³-hybridized carbons (Fsp3) is 0.238. The lowest BCUT2D eigenvalue weighted by Gasteiger charge is -2.33. The van der Waals surface area contributed by atoms with E-state index in [1.165, 1.54) is 0 Å². The zero-order valence-electron chi connectivity index (χ0n) is 14.7. The lowest BCUT2D eigenvalue weighted by Crippen LogP contribution is -2.45. The molecule has 3 aromatic rings. The number of halogens is 2. The molecule has 1 fully saturated rings. The summed E-state index contributed by atoms with van der Waals surface area (Å²) in [6, 6.07) is 15.1. The van der Waals surface area contributed by atoms with E-state index in [2.05, 4.69) is 15.2 Å². The topological polar surface area (TPSA) is 45.2 Å². The van der Waals surface area contributed by atoms with Crippen molar-refractivity contribution in [3.8, 4) is 0 Å². The molecule has 0 radical (unpaired) electrons. The first-order valence-corrected chi connectivity index (χ1v) is 9.72. The number of benzene rings is 2. The van der Waals surface area contributed by atoms with Gasteiger partial charge < -0.3 is 10.2 Å². The van der Waals surface area contributed by atoms with E-state index in [1.54, 1.807) is 12.1 Å². The van der Waals surface area contributed by atoms with Gasteiger partial charge in [0.25, 0.3) is 5.91 Å². The molecule has 138 valence electrons. The van der Waals surface area contributed by atoms with Crippen LogP contribution < -0.4 is 10.2 Å². The zero-order chi connectivity index (χ0) is 18.8. The minimum atomic E-state index is -0.114. The van der Waals surface area contributed by atoms with Crippen LogP contribution in [-0.4, -0.2) is 30.0 Å². The van der Waals surface area contributed by atoms with Crippen molar-refractivity contribution in [1.82, 2.24) is 10.3 Å². The molecule has 6 heteroatoms. The molecule has 1 N–H and O–H groups in total. The lowest BCUT2D eigenvalue weighted by molar-refractivity contribution is 0.0931. The smallest absolute Gasteiger partial charge is 0.253 e. The predicted molar refractivity (Wildman–Crippen MR) is 111 cm³/mol. The molecular formula is C21H19Cl2N3O. The van der Waals surface area contributed by atoms with Crippen molar-refractivity contribution in [2.45, 2.75) is 18.9 Å². The highest BCUT2D eigenvalue weighted by Crippen LogP contribution is 2.29. The highest BCUT2D eigenvalue weighted by molar-refractivity contribution is 6.33. The molecule has 1 saturated heterocycles. The van der Waals surface area contributed by atoms with Crippen molar-refractivity contribution in [2.75, 3.05) is 18.0 Å². The average molecular weight is 400 g/mol. The molecule has 2 aromatic carbocycles. The Morgan fingerprint density at radius 3 is 2.63 bits per heavy atom. The first-order chi connectivity index (χ1) is 13.1. The maximum Gasteiger partial charge on any atom is 0.253 e. The molecule has 1 aliphatic rings. The van der Waals surface area contributed by atoms with Crippen molar-refractivity contribution < 1.29 is 4.79 Å². The second-order valence-electron chi connectivity index (χ2n) is 6.71. The number of piperidine rings is 1. The standard InChI is InChI=1S/C21H19Cl2N3O/c22-15-5-6-17-14(13-15)7-10-24-20(17)26-11-8-16(9-12-26)25-21(27)18-3-1-2-4-19(18)23/h1-7,10,13,16H,8-9,11-12H2,(H,25,27). The summed E-state index contributed by atoms with van der Waals surface area (Å²) < 4.78 is 0. The number of nitrogens with one attached hydrogen (secondary N) is 1. The SMILES string of the molecule is O=C(NC1CCN(c2nccc3cc(Cl)ccc23)CC1)c1ccccc1Cl. The van der Waals surface area contributed by atoms with Crippen LogP contribution in [0.4, 0.5) is 5.82 Å². The van der Waals surface area contributed by atoms with Gasteiger partial charge >= 0.3 is 0 Å². The number of carbonyl (C=O) groups excluding carboxylic acids is 1. The summed E-state index contributed by atoms with van der Waals surface area (Å²) in [5.74, 6) is 0.858. The van der Waals surface area contributed by atoms with Gasteiger partial charge in [-0.25, -0.2) is 4.98 Å². The molecule has 0 atom stereocenters. The maximum absolute atomic E-state index is 12.5. The predicted octanol–water partition coefficient (Wildman–Crippen LogP) is 4.94. The summed E-state index contributed by atoms with van der Waals surface area (Å²) in [5, 5.41) is 6.49.